The Labute approximate surface area is 127 Å². The molecular weight excluding hydrogens is 282 g/mol. The number of thiophene rings is 2. The molecule has 2 aromatic heterocycles. The summed E-state index contributed by atoms with van der Waals surface area (Å²) in [5, 5.41) is 7.23. The SMILES string of the molecule is CNC(c1cc2c(s1)CCC2)c1csc2ccccc12. The first kappa shape index (κ1) is 12.6. The van der Waals surface area contributed by atoms with E-state index in [1.54, 1.807) is 10.4 Å². The van der Waals surface area contributed by atoms with Gasteiger partial charge in [0.05, 0.1) is 6.04 Å². The normalized spacial score (nSPS) is 15.7. The van der Waals surface area contributed by atoms with Crippen LogP contribution in [-0.2, 0) is 12.8 Å². The lowest BCUT2D eigenvalue weighted by Gasteiger charge is -2.14. The van der Waals surface area contributed by atoms with Gasteiger partial charge in [0.25, 0.3) is 0 Å². The van der Waals surface area contributed by atoms with Gasteiger partial charge in [0.1, 0.15) is 0 Å². The largest absolute Gasteiger partial charge is 0.309 e. The third kappa shape index (κ3) is 1.93. The lowest BCUT2D eigenvalue weighted by atomic mass is 10.0. The molecule has 1 N–H and O–H groups in total. The van der Waals surface area contributed by atoms with Crippen LogP contribution in [0.2, 0.25) is 0 Å². The highest BCUT2D eigenvalue weighted by atomic mass is 32.1. The van der Waals surface area contributed by atoms with Crippen molar-refractivity contribution in [3.63, 3.8) is 0 Å². The molecule has 0 bridgehead atoms. The molecule has 102 valence electrons. The van der Waals surface area contributed by atoms with Crippen LogP contribution in [0.3, 0.4) is 0 Å². The van der Waals surface area contributed by atoms with E-state index >= 15 is 0 Å². The molecule has 0 amide bonds. The van der Waals surface area contributed by atoms with E-state index in [9.17, 15) is 0 Å². The van der Waals surface area contributed by atoms with Crippen molar-refractivity contribution in [1.29, 1.82) is 0 Å². The summed E-state index contributed by atoms with van der Waals surface area (Å²) in [4.78, 5) is 3.08. The van der Waals surface area contributed by atoms with Crippen LogP contribution in [0.1, 0.15) is 33.3 Å². The molecule has 3 heteroatoms. The van der Waals surface area contributed by atoms with Crippen LogP contribution in [-0.4, -0.2) is 7.05 Å². The van der Waals surface area contributed by atoms with Crippen molar-refractivity contribution in [1.82, 2.24) is 5.32 Å². The highest BCUT2D eigenvalue weighted by Crippen LogP contribution is 2.39. The van der Waals surface area contributed by atoms with Gasteiger partial charge in [-0.15, -0.1) is 22.7 Å². The fraction of sp³-hybridized carbons (Fsp3) is 0.294. The summed E-state index contributed by atoms with van der Waals surface area (Å²) in [6.07, 6.45) is 3.89. The summed E-state index contributed by atoms with van der Waals surface area (Å²) in [5.74, 6) is 0. The Kier molecular flexibility index (Phi) is 3.14. The fourth-order valence-electron chi connectivity index (χ4n) is 3.17. The van der Waals surface area contributed by atoms with E-state index in [1.807, 2.05) is 22.7 Å². The highest BCUT2D eigenvalue weighted by molar-refractivity contribution is 7.17. The first-order valence-corrected chi connectivity index (χ1v) is 8.81. The number of benzene rings is 1. The van der Waals surface area contributed by atoms with E-state index in [0.717, 1.165) is 0 Å². The lowest BCUT2D eigenvalue weighted by Crippen LogP contribution is -2.16. The summed E-state index contributed by atoms with van der Waals surface area (Å²) in [7, 11) is 2.07. The van der Waals surface area contributed by atoms with Crippen LogP contribution < -0.4 is 5.32 Å². The zero-order valence-electron chi connectivity index (χ0n) is 11.5. The summed E-state index contributed by atoms with van der Waals surface area (Å²) in [5.41, 5.74) is 3.01. The molecule has 0 aliphatic heterocycles. The van der Waals surface area contributed by atoms with E-state index in [4.69, 9.17) is 0 Å². The number of hydrogen-bond acceptors (Lipinski definition) is 3. The lowest BCUT2D eigenvalue weighted by molar-refractivity contribution is 0.710. The molecule has 0 fully saturated rings. The molecule has 1 nitrogen and oxygen atoms in total. The van der Waals surface area contributed by atoms with Crippen LogP contribution >= 0.6 is 22.7 Å². The van der Waals surface area contributed by atoms with Crippen molar-refractivity contribution in [2.75, 3.05) is 7.05 Å². The predicted octanol–water partition coefficient (Wildman–Crippen LogP) is 4.76. The molecule has 0 spiro atoms. The molecule has 0 saturated carbocycles. The van der Waals surface area contributed by atoms with Gasteiger partial charge in [-0.2, -0.15) is 0 Å². The van der Waals surface area contributed by atoms with E-state index in [1.165, 1.54) is 39.8 Å². The van der Waals surface area contributed by atoms with Crippen LogP contribution in [0, 0.1) is 0 Å². The summed E-state index contributed by atoms with van der Waals surface area (Å²) in [6.45, 7) is 0. The third-order valence-electron chi connectivity index (χ3n) is 4.16. The Morgan fingerprint density at radius 1 is 1.20 bits per heavy atom. The summed E-state index contributed by atoms with van der Waals surface area (Å²) >= 11 is 3.85. The Morgan fingerprint density at radius 3 is 2.95 bits per heavy atom. The van der Waals surface area contributed by atoms with Crippen molar-refractivity contribution < 1.29 is 0 Å². The molecule has 4 rings (SSSR count). The number of rotatable bonds is 3. The van der Waals surface area contributed by atoms with Crippen LogP contribution in [0.15, 0.2) is 35.7 Å². The highest BCUT2D eigenvalue weighted by Gasteiger charge is 2.22. The maximum absolute atomic E-state index is 3.52. The van der Waals surface area contributed by atoms with E-state index in [2.05, 4.69) is 48.1 Å². The maximum atomic E-state index is 3.52. The number of hydrogen-bond donors (Lipinski definition) is 1. The quantitative estimate of drug-likeness (QED) is 0.735. The second-order valence-electron chi connectivity index (χ2n) is 5.36. The standard InChI is InChI=1S/C17H17NS2/c1-18-17(16-9-11-5-4-8-14(11)20-16)13-10-19-15-7-3-2-6-12(13)15/h2-3,6-7,9-10,17-18H,4-5,8H2,1H3. The predicted molar refractivity (Wildman–Crippen MR) is 89.1 cm³/mol. The van der Waals surface area contributed by atoms with Crippen molar-refractivity contribution in [3.05, 3.63) is 56.6 Å². The van der Waals surface area contributed by atoms with Gasteiger partial charge in [0, 0.05) is 14.5 Å². The number of aryl methyl sites for hydroxylation is 2. The molecule has 20 heavy (non-hydrogen) atoms. The summed E-state index contributed by atoms with van der Waals surface area (Å²) in [6, 6.07) is 11.5. The van der Waals surface area contributed by atoms with Gasteiger partial charge in [0.2, 0.25) is 0 Å². The summed E-state index contributed by atoms with van der Waals surface area (Å²) < 4.78 is 1.38. The second-order valence-corrected chi connectivity index (χ2v) is 7.44. The molecule has 0 saturated heterocycles. The maximum Gasteiger partial charge on any atom is 0.0683 e. The fourth-order valence-corrected chi connectivity index (χ4v) is 5.54. The van der Waals surface area contributed by atoms with Gasteiger partial charge in [0.15, 0.2) is 0 Å². The van der Waals surface area contributed by atoms with Gasteiger partial charge in [-0.25, -0.2) is 0 Å². The van der Waals surface area contributed by atoms with Crippen LogP contribution in [0.4, 0.5) is 0 Å². The molecule has 1 aliphatic carbocycles. The van der Waals surface area contributed by atoms with Crippen LogP contribution in [0.25, 0.3) is 10.1 Å². The Hall–Kier alpha value is -1.16. The Bertz CT molecular complexity index is 732. The zero-order valence-corrected chi connectivity index (χ0v) is 13.1. The molecule has 0 radical (unpaired) electrons. The average Bonchev–Trinajstić information content (AvgIpc) is 3.14. The molecule has 2 heterocycles. The molecular formula is C17H17NS2. The van der Waals surface area contributed by atoms with Crippen LogP contribution in [0.5, 0.6) is 0 Å². The second kappa shape index (κ2) is 4.99. The van der Waals surface area contributed by atoms with Gasteiger partial charge in [-0.3, -0.25) is 0 Å². The molecule has 1 unspecified atom stereocenters. The third-order valence-corrected chi connectivity index (χ3v) is 6.44. The first-order valence-electron chi connectivity index (χ1n) is 7.11. The Morgan fingerprint density at radius 2 is 2.10 bits per heavy atom. The van der Waals surface area contributed by atoms with Crippen molar-refractivity contribution in [2.45, 2.75) is 25.3 Å². The van der Waals surface area contributed by atoms with Crippen molar-refractivity contribution in [3.8, 4) is 0 Å². The van der Waals surface area contributed by atoms with Crippen molar-refractivity contribution >= 4 is 32.8 Å². The van der Waals surface area contributed by atoms with Gasteiger partial charge >= 0.3 is 0 Å². The van der Waals surface area contributed by atoms with Gasteiger partial charge in [-0.05, 0) is 60.3 Å². The number of nitrogens with one attached hydrogen (secondary N) is 1. The van der Waals surface area contributed by atoms with E-state index in [-0.39, 0.29) is 0 Å². The first-order chi connectivity index (χ1) is 9.86. The molecule has 1 aliphatic rings. The zero-order chi connectivity index (χ0) is 13.5. The monoisotopic (exact) mass is 299 g/mol. The molecule has 3 aromatic rings. The topological polar surface area (TPSA) is 12.0 Å². The van der Waals surface area contributed by atoms with Gasteiger partial charge < -0.3 is 5.32 Å². The minimum Gasteiger partial charge on any atom is -0.309 e. The minimum atomic E-state index is 0.335. The van der Waals surface area contributed by atoms with Crippen molar-refractivity contribution in [2.24, 2.45) is 0 Å². The minimum absolute atomic E-state index is 0.335. The Balaban J connectivity index is 1.81. The smallest absolute Gasteiger partial charge is 0.0683 e. The van der Waals surface area contributed by atoms with Gasteiger partial charge in [-0.1, -0.05) is 18.2 Å². The van der Waals surface area contributed by atoms with E-state index < -0.39 is 0 Å². The molecule has 1 atom stereocenters. The van der Waals surface area contributed by atoms with E-state index in [0.29, 0.717) is 6.04 Å². The average molecular weight is 299 g/mol. The molecule has 1 aromatic carbocycles. The number of fused-ring (bicyclic) bond motifs is 2.